The maximum Gasteiger partial charge on any atom is 0.161 e. The van der Waals surface area contributed by atoms with E-state index in [0.717, 1.165) is 15.9 Å². The van der Waals surface area contributed by atoms with Crippen LogP contribution >= 0.6 is 15.9 Å². The van der Waals surface area contributed by atoms with E-state index in [2.05, 4.69) is 65.3 Å². The van der Waals surface area contributed by atoms with E-state index < -0.39 is 0 Å². The molecule has 0 radical (unpaired) electrons. The topological polar surface area (TPSA) is 39.1 Å². The molecular weight excluding hydrogens is 330 g/mol. The van der Waals surface area contributed by atoms with Crippen LogP contribution in [0.5, 0.6) is 5.75 Å². The SMILES string of the molecule is CNC(c1cc(Br)ccc1C)c1c(OC)cnn1C(C)C. The third-order valence-electron chi connectivity index (χ3n) is 3.62. The highest BCUT2D eigenvalue weighted by atomic mass is 79.9. The normalized spacial score (nSPS) is 12.7. The van der Waals surface area contributed by atoms with Gasteiger partial charge in [-0.1, -0.05) is 22.0 Å². The molecule has 5 heteroatoms. The summed E-state index contributed by atoms with van der Waals surface area (Å²) in [6.07, 6.45) is 1.78. The van der Waals surface area contributed by atoms with Gasteiger partial charge in [0, 0.05) is 10.5 Å². The first kappa shape index (κ1) is 16.0. The Morgan fingerprint density at radius 1 is 1.33 bits per heavy atom. The zero-order valence-electron chi connectivity index (χ0n) is 13.1. The van der Waals surface area contributed by atoms with E-state index in [1.807, 2.05) is 11.7 Å². The van der Waals surface area contributed by atoms with Gasteiger partial charge in [-0.25, -0.2) is 0 Å². The van der Waals surface area contributed by atoms with Gasteiger partial charge in [0.1, 0.15) is 5.69 Å². The van der Waals surface area contributed by atoms with E-state index >= 15 is 0 Å². The fourth-order valence-corrected chi connectivity index (χ4v) is 2.94. The van der Waals surface area contributed by atoms with Gasteiger partial charge in [0.25, 0.3) is 0 Å². The summed E-state index contributed by atoms with van der Waals surface area (Å²) >= 11 is 3.56. The number of methoxy groups -OCH3 is 1. The lowest BCUT2D eigenvalue weighted by Crippen LogP contribution is -2.23. The Bertz CT molecular complexity index is 622. The number of nitrogens with zero attached hydrogens (tertiary/aromatic N) is 2. The number of hydrogen-bond acceptors (Lipinski definition) is 3. The van der Waals surface area contributed by atoms with Crippen molar-refractivity contribution in [2.24, 2.45) is 0 Å². The monoisotopic (exact) mass is 351 g/mol. The van der Waals surface area contributed by atoms with Crippen LogP contribution in [-0.2, 0) is 0 Å². The zero-order chi connectivity index (χ0) is 15.6. The summed E-state index contributed by atoms with van der Waals surface area (Å²) in [5.74, 6) is 0.808. The fraction of sp³-hybridized carbons (Fsp3) is 0.438. The molecule has 1 unspecified atom stereocenters. The molecule has 1 N–H and O–H groups in total. The number of hydrogen-bond donors (Lipinski definition) is 1. The standard InChI is InChI=1S/C16H22BrN3O/c1-10(2)20-16(14(21-5)9-19-20)15(18-4)13-8-12(17)7-6-11(13)3/h6-10,15,18H,1-5H3. The van der Waals surface area contributed by atoms with E-state index in [1.165, 1.54) is 11.1 Å². The van der Waals surface area contributed by atoms with Crippen LogP contribution in [0.4, 0.5) is 0 Å². The highest BCUT2D eigenvalue weighted by Gasteiger charge is 2.24. The highest BCUT2D eigenvalue weighted by molar-refractivity contribution is 9.10. The molecule has 0 bridgehead atoms. The highest BCUT2D eigenvalue weighted by Crippen LogP contribution is 2.34. The lowest BCUT2D eigenvalue weighted by Gasteiger charge is -2.23. The van der Waals surface area contributed by atoms with Crippen molar-refractivity contribution in [3.63, 3.8) is 0 Å². The second-order valence-electron chi connectivity index (χ2n) is 5.36. The predicted octanol–water partition coefficient (Wildman–Crippen LogP) is 3.85. The van der Waals surface area contributed by atoms with Gasteiger partial charge in [-0.15, -0.1) is 0 Å². The van der Waals surface area contributed by atoms with E-state index in [4.69, 9.17) is 4.74 Å². The van der Waals surface area contributed by atoms with Gasteiger partial charge in [-0.05, 0) is 51.1 Å². The molecular formula is C16H22BrN3O. The Morgan fingerprint density at radius 2 is 2.05 bits per heavy atom. The average molecular weight is 352 g/mol. The van der Waals surface area contributed by atoms with Crippen LogP contribution in [0.25, 0.3) is 0 Å². The maximum atomic E-state index is 5.52. The molecule has 1 aromatic heterocycles. The number of benzene rings is 1. The van der Waals surface area contributed by atoms with Crippen molar-refractivity contribution >= 4 is 15.9 Å². The van der Waals surface area contributed by atoms with Crippen LogP contribution in [-0.4, -0.2) is 23.9 Å². The average Bonchev–Trinajstić information content (AvgIpc) is 2.87. The largest absolute Gasteiger partial charge is 0.493 e. The molecule has 4 nitrogen and oxygen atoms in total. The van der Waals surface area contributed by atoms with Gasteiger partial charge in [0.2, 0.25) is 0 Å². The first-order valence-electron chi connectivity index (χ1n) is 7.04. The van der Waals surface area contributed by atoms with Crippen molar-refractivity contribution in [2.45, 2.75) is 32.9 Å². The Hall–Kier alpha value is -1.33. The Labute approximate surface area is 134 Å². The summed E-state index contributed by atoms with van der Waals surface area (Å²) < 4.78 is 8.60. The molecule has 114 valence electrons. The number of nitrogens with one attached hydrogen (secondary N) is 1. The van der Waals surface area contributed by atoms with Crippen LogP contribution in [0.2, 0.25) is 0 Å². The van der Waals surface area contributed by atoms with Crippen molar-refractivity contribution in [1.82, 2.24) is 15.1 Å². The molecule has 1 heterocycles. The third-order valence-corrected chi connectivity index (χ3v) is 4.12. The number of ether oxygens (including phenoxy) is 1. The van der Waals surface area contributed by atoms with E-state index in [-0.39, 0.29) is 12.1 Å². The molecule has 0 aliphatic carbocycles. The van der Waals surface area contributed by atoms with E-state index in [0.29, 0.717) is 0 Å². The molecule has 0 saturated heterocycles. The van der Waals surface area contributed by atoms with Gasteiger partial charge < -0.3 is 10.1 Å². The molecule has 2 rings (SSSR count). The predicted molar refractivity (Wildman–Crippen MR) is 88.9 cm³/mol. The quantitative estimate of drug-likeness (QED) is 0.888. The van der Waals surface area contributed by atoms with Crippen LogP contribution < -0.4 is 10.1 Å². The van der Waals surface area contributed by atoms with Crippen molar-refractivity contribution in [1.29, 1.82) is 0 Å². The lowest BCUT2D eigenvalue weighted by atomic mass is 9.98. The van der Waals surface area contributed by atoms with Crippen molar-refractivity contribution in [2.75, 3.05) is 14.2 Å². The van der Waals surface area contributed by atoms with Gasteiger partial charge >= 0.3 is 0 Å². The summed E-state index contributed by atoms with van der Waals surface area (Å²) in [7, 11) is 3.65. The van der Waals surface area contributed by atoms with Crippen molar-refractivity contribution in [3.8, 4) is 5.75 Å². The second-order valence-corrected chi connectivity index (χ2v) is 6.27. The van der Waals surface area contributed by atoms with E-state index in [9.17, 15) is 0 Å². The molecule has 0 amide bonds. The third kappa shape index (κ3) is 3.14. The number of halogens is 1. The summed E-state index contributed by atoms with van der Waals surface area (Å²) in [5.41, 5.74) is 3.50. The number of aryl methyl sites for hydroxylation is 1. The second kappa shape index (κ2) is 6.62. The summed E-state index contributed by atoms with van der Waals surface area (Å²) in [4.78, 5) is 0. The number of aromatic nitrogens is 2. The molecule has 0 saturated carbocycles. The molecule has 0 fully saturated rings. The van der Waals surface area contributed by atoms with Gasteiger partial charge in [-0.3, -0.25) is 4.68 Å². The zero-order valence-corrected chi connectivity index (χ0v) is 14.7. The van der Waals surface area contributed by atoms with E-state index in [1.54, 1.807) is 13.3 Å². The van der Waals surface area contributed by atoms with Crippen molar-refractivity contribution in [3.05, 3.63) is 45.7 Å². The molecule has 0 aliphatic heterocycles. The molecule has 0 spiro atoms. The van der Waals surface area contributed by atoms with Gasteiger partial charge in [0.05, 0.1) is 19.3 Å². The smallest absolute Gasteiger partial charge is 0.161 e. The van der Waals surface area contributed by atoms with Crippen LogP contribution in [0.1, 0.15) is 42.8 Å². The van der Waals surface area contributed by atoms with Gasteiger partial charge in [0.15, 0.2) is 5.75 Å². The van der Waals surface area contributed by atoms with Crippen LogP contribution in [0.15, 0.2) is 28.9 Å². The molecule has 2 aromatic rings. The summed E-state index contributed by atoms with van der Waals surface area (Å²) in [5, 5.41) is 7.87. The fourth-order valence-electron chi connectivity index (χ4n) is 2.56. The minimum absolute atomic E-state index is 0.0300. The number of rotatable bonds is 5. The first-order chi connectivity index (χ1) is 9.99. The summed E-state index contributed by atoms with van der Waals surface area (Å²) in [6, 6.07) is 6.62. The lowest BCUT2D eigenvalue weighted by molar-refractivity contribution is 0.396. The first-order valence-corrected chi connectivity index (χ1v) is 7.83. The summed E-state index contributed by atoms with van der Waals surface area (Å²) in [6.45, 7) is 6.36. The van der Waals surface area contributed by atoms with Gasteiger partial charge in [-0.2, -0.15) is 5.10 Å². The minimum atomic E-state index is 0.0300. The van der Waals surface area contributed by atoms with Crippen LogP contribution in [0, 0.1) is 6.92 Å². The Balaban J connectivity index is 2.61. The molecule has 1 atom stereocenters. The van der Waals surface area contributed by atoms with Crippen molar-refractivity contribution < 1.29 is 4.74 Å². The Kier molecular flexibility index (Phi) is 5.06. The molecule has 1 aromatic carbocycles. The minimum Gasteiger partial charge on any atom is -0.493 e. The maximum absolute atomic E-state index is 5.52. The molecule has 21 heavy (non-hydrogen) atoms. The molecule has 0 aliphatic rings. The Morgan fingerprint density at radius 3 is 2.62 bits per heavy atom. The van der Waals surface area contributed by atoms with Crippen LogP contribution in [0.3, 0.4) is 0 Å².